The smallest absolute Gasteiger partial charge is 0.234 e. The molecule has 0 aliphatic rings. The summed E-state index contributed by atoms with van der Waals surface area (Å²) in [6.45, 7) is 9.18. The molecular weight excluding hydrogens is 300 g/mol. The van der Waals surface area contributed by atoms with Crippen molar-refractivity contribution in [2.45, 2.75) is 33.2 Å². The molecular formula is C16H32N2O5. The van der Waals surface area contributed by atoms with Crippen molar-refractivity contribution in [2.24, 2.45) is 0 Å². The molecule has 7 nitrogen and oxygen atoms in total. The normalized spacial score (nSPS) is 11.2. The third-order valence-corrected chi connectivity index (χ3v) is 3.24. The maximum absolute atomic E-state index is 11.6. The van der Waals surface area contributed by atoms with Crippen molar-refractivity contribution in [1.82, 2.24) is 10.2 Å². The number of Topliss-reactive ketones (excluding diaryl/α,β-unsaturated/α-hetero) is 1. The van der Waals surface area contributed by atoms with Crippen LogP contribution in [0.1, 0.15) is 27.2 Å². The fraction of sp³-hybridized carbons (Fsp3) is 0.875. The fourth-order valence-corrected chi connectivity index (χ4v) is 1.46. The van der Waals surface area contributed by atoms with Gasteiger partial charge in [-0.3, -0.25) is 14.5 Å². The van der Waals surface area contributed by atoms with Gasteiger partial charge in [-0.15, -0.1) is 0 Å². The monoisotopic (exact) mass is 332 g/mol. The second-order valence-corrected chi connectivity index (χ2v) is 5.53. The molecule has 136 valence electrons. The van der Waals surface area contributed by atoms with Gasteiger partial charge < -0.3 is 19.5 Å². The van der Waals surface area contributed by atoms with Crippen molar-refractivity contribution in [3.8, 4) is 0 Å². The summed E-state index contributed by atoms with van der Waals surface area (Å²) in [7, 11) is 1.92. The van der Waals surface area contributed by atoms with Gasteiger partial charge in [0.2, 0.25) is 5.91 Å². The lowest BCUT2D eigenvalue weighted by Gasteiger charge is -2.20. The Hall–Kier alpha value is -1.02. The van der Waals surface area contributed by atoms with Gasteiger partial charge in [-0.1, -0.05) is 6.92 Å². The minimum atomic E-state index is -0.000162. The lowest BCUT2D eigenvalue weighted by Crippen LogP contribution is -2.39. The minimum absolute atomic E-state index is 0.000162. The Balaban J connectivity index is 3.27. The van der Waals surface area contributed by atoms with Gasteiger partial charge in [-0.25, -0.2) is 0 Å². The maximum Gasteiger partial charge on any atom is 0.234 e. The van der Waals surface area contributed by atoms with Gasteiger partial charge in [0.1, 0.15) is 6.61 Å². The van der Waals surface area contributed by atoms with E-state index in [2.05, 4.69) is 5.32 Å². The van der Waals surface area contributed by atoms with Crippen LogP contribution in [0.2, 0.25) is 0 Å². The van der Waals surface area contributed by atoms with Crippen LogP contribution in [0.25, 0.3) is 0 Å². The summed E-state index contributed by atoms with van der Waals surface area (Å²) >= 11 is 0. The van der Waals surface area contributed by atoms with Gasteiger partial charge in [-0.05, 0) is 20.9 Å². The molecule has 0 radical (unpaired) electrons. The number of ether oxygens (including phenoxy) is 3. The highest BCUT2D eigenvalue weighted by atomic mass is 16.5. The summed E-state index contributed by atoms with van der Waals surface area (Å²) in [5, 5.41) is 2.80. The standard InChI is InChI=1S/C16H32N2O5/c1-5-15(19)13-23-11-10-22-9-8-21-7-6-17-16(20)12-18(4)14(2)3/h14H,5-13H2,1-4H3,(H,17,20). The Morgan fingerprint density at radius 2 is 1.57 bits per heavy atom. The van der Waals surface area contributed by atoms with E-state index in [1.165, 1.54) is 0 Å². The summed E-state index contributed by atoms with van der Waals surface area (Å²) in [5.41, 5.74) is 0. The van der Waals surface area contributed by atoms with Crippen molar-refractivity contribution < 1.29 is 23.8 Å². The number of hydrogen-bond donors (Lipinski definition) is 1. The fourth-order valence-electron chi connectivity index (χ4n) is 1.46. The van der Waals surface area contributed by atoms with E-state index in [1.807, 2.05) is 32.7 Å². The van der Waals surface area contributed by atoms with E-state index in [9.17, 15) is 9.59 Å². The summed E-state index contributed by atoms with van der Waals surface area (Å²) in [4.78, 5) is 24.5. The highest BCUT2D eigenvalue weighted by molar-refractivity contribution is 5.79. The van der Waals surface area contributed by atoms with Crippen LogP contribution in [-0.2, 0) is 23.8 Å². The van der Waals surface area contributed by atoms with Gasteiger partial charge in [-0.2, -0.15) is 0 Å². The lowest BCUT2D eigenvalue weighted by molar-refractivity contribution is -0.124. The summed E-state index contributed by atoms with van der Waals surface area (Å²) < 4.78 is 15.8. The Labute approximate surface area is 139 Å². The zero-order valence-corrected chi connectivity index (χ0v) is 14.9. The number of hydrogen-bond acceptors (Lipinski definition) is 6. The van der Waals surface area contributed by atoms with E-state index in [0.29, 0.717) is 58.6 Å². The van der Waals surface area contributed by atoms with Crippen molar-refractivity contribution in [2.75, 3.05) is 59.8 Å². The molecule has 0 rings (SSSR count). The second-order valence-electron chi connectivity index (χ2n) is 5.53. The van der Waals surface area contributed by atoms with Crippen LogP contribution in [0, 0.1) is 0 Å². The van der Waals surface area contributed by atoms with Crippen LogP contribution >= 0.6 is 0 Å². The highest BCUT2D eigenvalue weighted by Crippen LogP contribution is 1.91. The van der Waals surface area contributed by atoms with Crippen molar-refractivity contribution in [3.63, 3.8) is 0 Å². The third-order valence-electron chi connectivity index (χ3n) is 3.24. The minimum Gasteiger partial charge on any atom is -0.377 e. The van der Waals surface area contributed by atoms with Crippen molar-refractivity contribution >= 4 is 11.7 Å². The number of carbonyl (C=O) groups excluding carboxylic acids is 2. The first-order chi connectivity index (χ1) is 11.0. The second kappa shape index (κ2) is 14.6. The molecule has 0 aromatic rings. The van der Waals surface area contributed by atoms with E-state index < -0.39 is 0 Å². The average molecular weight is 332 g/mol. The number of carbonyl (C=O) groups is 2. The first kappa shape index (κ1) is 22.0. The Kier molecular flexibility index (Phi) is 13.9. The first-order valence-corrected chi connectivity index (χ1v) is 8.19. The third kappa shape index (κ3) is 14.3. The van der Waals surface area contributed by atoms with Crippen LogP contribution < -0.4 is 5.32 Å². The molecule has 23 heavy (non-hydrogen) atoms. The quantitative estimate of drug-likeness (QED) is 0.439. The number of likely N-dealkylation sites (N-methyl/N-ethyl adjacent to an activating group) is 1. The summed E-state index contributed by atoms with van der Waals surface area (Å²) in [5.74, 6) is 0.0924. The number of nitrogens with zero attached hydrogens (tertiary/aromatic N) is 1. The average Bonchev–Trinajstić information content (AvgIpc) is 2.51. The molecule has 0 saturated heterocycles. The Morgan fingerprint density at radius 3 is 2.13 bits per heavy atom. The molecule has 1 amide bonds. The van der Waals surface area contributed by atoms with Crippen LogP contribution in [-0.4, -0.2) is 82.4 Å². The number of rotatable bonds is 15. The predicted octanol–water partition coefficient (Wildman–Crippen LogP) is 0.472. The molecule has 0 bridgehead atoms. The molecule has 0 aliphatic carbocycles. The lowest BCUT2D eigenvalue weighted by atomic mass is 10.3. The van der Waals surface area contributed by atoms with Crippen LogP contribution in [0.15, 0.2) is 0 Å². The molecule has 0 aromatic carbocycles. The zero-order chi connectivity index (χ0) is 17.5. The summed E-state index contributed by atoms with van der Waals surface area (Å²) in [6, 6.07) is 0.346. The topological polar surface area (TPSA) is 77.1 Å². The molecule has 0 atom stereocenters. The number of nitrogens with one attached hydrogen (secondary N) is 1. The SMILES string of the molecule is CCC(=O)COCCOCCOCCNC(=O)CN(C)C(C)C. The van der Waals surface area contributed by atoms with Gasteiger partial charge in [0, 0.05) is 19.0 Å². The predicted molar refractivity (Wildman–Crippen MR) is 88.5 cm³/mol. The molecule has 0 aromatic heterocycles. The van der Waals surface area contributed by atoms with E-state index in [4.69, 9.17) is 14.2 Å². The van der Waals surface area contributed by atoms with Gasteiger partial charge in [0.05, 0.1) is 39.6 Å². The van der Waals surface area contributed by atoms with Gasteiger partial charge in [0.25, 0.3) is 0 Å². The van der Waals surface area contributed by atoms with Crippen LogP contribution in [0.3, 0.4) is 0 Å². The molecule has 0 heterocycles. The summed E-state index contributed by atoms with van der Waals surface area (Å²) in [6.07, 6.45) is 0.499. The molecule has 1 N–H and O–H groups in total. The zero-order valence-electron chi connectivity index (χ0n) is 14.9. The van der Waals surface area contributed by atoms with E-state index in [0.717, 1.165) is 0 Å². The van der Waals surface area contributed by atoms with Gasteiger partial charge >= 0.3 is 0 Å². The van der Waals surface area contributed by atoms with E-state index in [-0.39, 0.29) is 18.3 Å². The number of ketones is 1. The van der Waals surface area contributed by atoms with Crippen molar-refractivity contribution in [1.29, 1.82) is 0 Å². The van der Waals surface area contributed by atoms with Gasteiger partial charge in [0.15, 0.2) is 5.78 Å². The van der Waals surface area contributed by atoms with Crippen LogP contribution in [0.5, 0.6) is 0 Å². The van der Waals surface area contributed by atoms with Crippen molar-refractivity contribution in [3.05, 3.63) is 0 Å². The molecule has 0 fully saturated rings. The molecule has 0 unspecified atom stereocenters. The van der Waals surface area contributed by atoms with Crippen LogP contribution in [0.4, 0.5) is 0 Å². The molecule has 0 saturated carbocycles. The largest absolute Gasteiger partial charge is 0.377 e. The Morgan fingerprint density at radius 1 is 1.00 bits per heavy atom. The molecule has 0 spiro atoms. The van der Waals surface area contributed by atoms with E-state index >= 15 is 0 Å². The first-order valence-electron chi connectivity index (χ1n) is 8.19. The molecule has 0 aliphatic heterocycles. The maximum atomic E-state index is 11.6. The molecule has 7 heteroatoms. The van der Waals surface area contributed by atoms with E-state index in [1.54, 1.807) is 0 Å². The Bertz CT molecular complexity index is 324. The number of amides is 1. The highest BCUT2D eigenvalue weighted by Gasteiger charge is 2.08.